The van der Waals surface area contributed by atoms with Crippen LogP contribution >= 0.6 is 11.6 Å². The van der Waals surface area contributed by atoms with Crippen molar-refractivity contribution in [3.63, 3.8) is 0 Å². The minimum atomic E-state index is -4.05. The summed E-state index contributed by atoms with van der Waals surface area (Å²) in [6, 6.07) is 22.3. The lowest BCUT2D eigenvalue weighted by Gasteiger charge is -2.12. The van der Waals surface area contributed by atoms with Gasteiger partial charge in [0.05, 0.1) is 18.0 Å². The van der Waals surface area contributed by atoms with Gasteiger partial charge in [0, 0.05) is 17.0 Å². The number of carbonyl (C=O) groups is 2. The first-order valence-corrected chi connectivity index (χ1v) is 15.7. The summed E-state index contributed by atoms with van der Waals surface area (Å²) in [7, 11) is -4.05. The van der Waals surface area contributed by atoms with Crippen LogP contribution < -0.4 is 14.8 Å². The van der Waals surface area contributed by atoms with Crippen LogP contribution in [0.3, 0.4) is 0 Å². The van der Waals surface area contributed by atoms with Crippen molar-refractivity contribution >= 4 is 39.0 Å². The Hall–Kier alpha value is -4.34. The van der Waals surface area contributed by atoms with Gasteiger partial charge >= 0.3 is 5.91 Å². The molecule has 1 aliphatic rings. The second-order valence-electron chi connectivity index (χ2n) is 10.3. The van der Waals surface area contributed by atoms with Gasteiger partial charge in [-0.3, -0.25) is 9.59 Å². The number of rotatable bonds is 11. The van der Waals surface area contributed by atoms with E-state index in [-0.39, 0.29) is 23.1 Å². The Bertz CT molecular complexity index is 1790. The summed E-state index contributed by atoms with van der Waals surface area (Å²) in [4.78, 5) is 25.8. The number of amides is 2. The molecule has 0 saturated carbocycles. The molecular formula is C33H31ClN2O6S. The van der Waals surface area contributed by atoms with Gasteiger partial charge in [0.1, 0.15) is 11.5 Å². The molecule has 8 nitrogen and oxygen atoms in total. The van der Waals surface area contributed by atoms with Crippen molar-refractivity contribution in [2.75, 3.05) is 6.61 Å². The highest BCUT2D eigenvalue weighted by Crippen LogP contribution is 2.36. The van der Waals surface area contributed by atoms with Gasteiger partial charge in [-0.1, -0.05) is 54.1 Å². The van der Waals surface area contributed by atoms with E-state index < -0.39 is 15.9 Å². The van der Waals surface area contributed by atoms with Crippen molar-refractivity contribution < 1.29 is 27.2 Å². The summed E-state index contributed by atoms with van der Waals surface area (Å²) in [5.74, 6) is -0.227. The molecule has 5 rings (SSSR count). The van der Waals surface area contributed by atoms with E-state index in [1.54, 1.807) is 18.2 Å². The quantitative estimate of drug-likeness (QED) is 0.195. The van der Waals surface area contributed by atoms with Gasteiger partial charge in [-0.25, -0.2) is 13.1 Å². The summed E-state index contributed by atoms with van der Waals surface area (Å²) in [6.45, 7) is 4.41. The van der Waals surface area contributed by atoms with Gasteiger partial charge < -0.3 is 14.5 Å². The molecule has 0 bridgehead atoms. The number of fused-ring (bicyclic) bond motifs is 1. The number of ether oxygens (including phenoxy) is 1. The van der Waals surface area contributed by atoms with E-state index in [2.05, 4.69) is 5.32 Å². The SMILES string of the molecule is Cc1cc(OCCCC2=C(C(=O)NCc3ccc(C(=O)NS(=O)(=O)c4ccccc4)o3)Cc3ccccc32)cc(C)c1Cl. The third kappa shape index (κ3) is 7.01. The Morgan fingerprint density at radius 2 is 1.63 bits per heavy atom. The largest absolute Gasteiger partial charge is 0.494 e. The zero-order valence-corrected chi connectivity index (χ0v) is 25.3. The maximum absolute atomic E-state index is 13.3. The number of benzene rings is 3. The molecule has 10 heteroatoms. The third-order valence-electron chi connectivity index (χ3n) is 7.19. The van der Waals surface area contributed by atoms with Gasteiger partial charge in [-0.05, 0) is 90.9 Å². The van der Waals surface area contributed by atoms with Gasteiger partial charge in [0.2, 0.25) is 5.91 Å². The van der Waals surface area contributed by atoms with E-state index in [0.29, 0.717) is 37.2 Å². The van der Waals surface area contributed by atoms with Crippen molar-refractivity contribution in [3.05, 3.63) is 123 Å². The van der Waals surface area contributed by atoms with Crippen LogP contribution in [-0.4, -0.2) is 26.8 Å². The maximum Gasteiger partial charge on any atom is 0.300 e. The van der Waals surface area contributed by atoms with E-state index in [0.717, 1.165) is 38.6 Å². The number of carbonyl (C=O) groups excluding carboxylic acids is 2. The minimum Gasteiger partial charge on any atom is -0.494 e. The highest BCUT2D eigenvalue weighted by atomic mass is 35.5. The van der Waals surface area contributed by atoms with Crippen LogP contribution in [-0.2, 0) is 27.8 Å². The number of hydrogen-bond donors (Lipinski definition) is 2. The smallest absolute Gasteiger partial charge is 0.300 e. The number of sulfonamides is 1. The number of halogens is 1. The maximum atomic E-state index is 13.3. The fraction of sp³-hybridized carbons (Fsp3) is 0.212. The molecule has 2 amide bonds. The van der Waals surface area contributed by atoms with Crippen LogP contribution in [0.15, 0.2) is 93.7 Å². The van der Waals surface area contributed by atoms with Crippen LogP contribution in [0.5, 0.6) is 5.75 Å². The molecule has 43 heavy (non-hydrogen) atoms. The van der Waals surface area contributed by atoms with Crippen LogP contribution in [0.2, 0.25) is 5.02 Å². The Morgan fingerprint density at radius 3 is 2.37 bits per heavy atom. The van der Waals surface area contributed by atoms with Gasteiger partial charge in [0.25, 0.3) is 10.0 Å². The number of allylic oxidation sites excluding steroid dienone is 1. The molecule has 1 aliphatic carbocycles. The molecule has 4 aromatic rings. The molecule has 1 aromatic heterocycles. The number of hydrogen-bond acceptors (Lipinski definition) is 6. The normalized spacial score (nSPS) is 12.6. The summed E-state index contributed by atoms with van der Waals surface area (Å²) in [5, 5.41) is 3.62. The van der Waals surface area contributed by atoms with Crippen molar-refractivity contribution in [3.8, 4) is 5.75 Å². The van der Waals surface area contributed by atoms with Crippen molar-refractivity contribution in [2.45, 2.75) is 44.6 Å². The molecule has 0 spiro atoms. The molecule has 0 radical (unpaired) electrons. The van der Waals surface area contributed by atoms with Crippen LogP contribution in [0.4, 0.5) is 0 Å². The lowest BCUT2D eigenvalue weighted by atomic mass is 10.0. The second-order valence-corrected chi connectivity index (χ2v) is 12.4. The zero-order valence-electron chi connectivity index (χ0n) is 23.8. The van der Waals surface area contributed by atoms with Gasteiger partial charge in [0.15, 0.2) is 5.76 Å². The first-order valence-electron chi connectivity index (χ1n) is 13.8. The number of furan rings is 1. The summed E-state index contributed by atoms with van der Waals surface area (Å²) >= 11 is 6.27. The monoisotopic (exact) mass is 618 g/mol. The minimum absolute atomic E-state index is 0.0308. The average molecular weight is 619 g/mol. The summed E-state index contributed by atoms with van der Waals surface area (Å²) < 4.78 is 38.5. The molecule has 222 valence electrons. The van der Waals surface area contributed by atoms with E-state index in [4.69, 9.17) is 20.8 Å². The first-order chi connectivity index (χ1) is 20.6. The van der Waals surface area contributed by atoms with E-state index in [1.165, 1.54) is 24.3 Å². The van der Waals surface area contributed by atoms with Crippen LogP contribution in [0.25, 0.3) is 5.57 Å². The Kier molecular flexibility index (Phi) is 9.03. The highest BCUT2D eigenvalue weighted by molar-refractivity contribution is 7.90. The van der Waals surface area contributed by atoms with Crippen LogP contribution in [0.1, 0.15) is 51.4 Å². The molecule has 0 saturated heterocycles. The first kappa shape index (κ1) is 30.1. The summed E-state index contributed by atoms with van der Waals surface area (Å²) in [5.41, 5.74) is 5.73. The van der Waals surface area contributed by atoms with Crippen molar-refractivity contribution in [1.29, 1.82) is 0 Å². The molecule has 0 fully saturated rings. The molecule has 1 heterocycles. The predicted octanol–water partition coefficient (Wildman–Crippen LogP) is 6.15. The standard InChI is InChI=1S/C33H31ClN2O6S/c1-21-17-25(18-22(2)31(21)34)41-16-8-13-28-27-12-7-6-9-23(27)19-29(28)32(37)35-20-24-14-15-30(42-24)33(38)36-43(39,40)26-10-4-3-5-11-26/h3-7,9-12,14-15,17-18H,8,13,16,19-20H2,1-2H3,(H,35,37)(H,36,38). The zero-order chi connectivity index (χ0) is 30.6. The third-order valence-corrected chi connectivity index (χ3v) is 9.13. The fourth-order valence-electron chi connectivity index (χ4n) is 5.06. The summed E-state index contributed by atoms with van der Waals surface area (Å²) in [6.07, 6.45) is 1.88. The Labute approximate surface area is 255 Å². The van der Waals surface area contributed by atoms with E-state index >= 15 is 0 Å². The second kappa shape index (κ2) is 12.9. The molecule has 3 aromatic carbocycles. The van der Waals surface area contributed by atoms with E-state index in [9.17, 15) is 18.0 Å². The van der Waals surface area contributed by atoms with Crippen LogP contribution in [0, 0.1) is 13.8 Å². The molecule has 0 atom stereocenters. The number of nitrogens with one attached hydrogen (secondary N) is 2. The fourth-order valence-corrected chi connectivity index (χ4v) is 6.15. The molecule has 0 unspecified atom stereocenters. The van der Waals surface area contributed by atoms with E-state index in [1.807, 2.05) is 55.0 Å². The Morgan fingerprint density at radius 1 is 0.930 bits per heavy atom. The van der Waals surface area contributed by atoms with Crippen molar-refractivity contribution in [2.24, 2.45) is 0 Å². The van der Waals surface area contributed by atoms with Crippen molar-refractivity contribution in [1.82, 2.24) is 10.0 Å². The Balaban J connectivity index is 1.21. The molecule has 0 aliphatic heterocycles. The molecule has 2 N–H and O–H groups in total. The van der Waals surface area contributed by atoms with Gasteiger partial charge in [-0.15, -0.1) is 0 Å². The lowest BCUT2D eigenvalue weighted by molar-refractivity contribution is -0.117. The topological polar surface area (TPSA) is 115 Å². The highest BCUT2D eigenvalue weighted by Gasteiger charge is 2.26. The number of aryl methyl sites for hydroxylation is 2. The molecular weight excluding hydrogens is 588 g/mol. The average Bonchev–Trinajstić information content (AvgIpc) is 3.62. The predicted molar refractivity (Wildman–Crippen MR) is 164 cm³/mol. The van der Waals surface area contributed by atoms with Gasteiger partial charge in [-0.2, -0.15) is 0 Å². The lowest BCUT2D eigenvalue weighted by Crippen LogP contribution is -2.30.